The van der Waals surface area contributed by atoms with E-state index in [2.05, 4.69) is 10.1 Å². The van der Waals surface area contributed by atoms with Crippen LogP contribution in [-0.4, -0.2) is 49.7 Å². The number of carbonyl (C=O) groups is 2. The summed E-state index contributed by atoms with van der Waals surface area (Å²) in [5.41, 5.74) is 3.14. The van der Waals surface area contributed by atoms with Crippen LogP contribution < -0.4 is 0 Å². The molecule has 0 spiro atoms. The van der Waals surface area contributed by atoms with Gasteiger partial charge in [0, 0.05) is 24.2 Å². The number of aromatic nitrogens is 3. The highest BCUT2D eigenvalue weighted by molar-refractivity contribution is 6.05. The van der Waals surface area contributed by atoms with Gasteiger partial charge in [0.15, 0.2) is 0 Å². The van der Waals surface area contributed by atoms with Crippen LogP contribution in [0, 0.1) is 13.8 Å². The summed E-state index contributed by atoms with van der Waals surface area (Å²) in [6.07, 6.45) is 2.88. The molecule has 1 aliphatic rings. The van der Waals surface area contributed by atoms with E-state index in [0.29, 0.717) is 24.3 Å². The molecule has 28 heavy (non-hydrogen) atoms. The quantitative estimate of drug-likeness (QED) is 0.756. The van der Waals surface area contributed by atoms with Gasteiger partial charge in [-0.3, -0.25) is 14.5 Å². The van der Waals surface area contributed by atoms with Gasteiger partial charge in [-0.05, 0) is 38.8 Å². The molecule has 3 aromatic rings. The molecule has 1 N–H and O–H groups in total. The van der Waals surface area contributed by atoms with Crippen LogP contribution in [0.15, 0.2) is 36.5 Å². The Kier molecular flexibility index (Phi) is 4.58. The van der Waals surface area contributed by atoms with Gasteiger partial charge >= 0.3 is 5.97 Å². The van der Waals surface area contributed by atoms with Crippen molar-refractivity contribution in [1.29, 1.82) is 0 Å². The minimum absolute atomic E-state index is 0.00874. The molecule has 7 heteroatoms. The zero-order valence-electron chi connectivity index (χ0n) is 15.9. The topological polar surface area (TPSA) is 88.3 Å². The fourth-order valence-corrected chi connectivity index (χ4v) is 3.90. The van der Waals surface area contributed by atoms with Crippen molar-refractivity contribution in [2.45, 2.75) is 32.7 Å². The lowest BCUT2D eigenvalue weighted by molar-refractivity contribution is 0.0689. The van der Waals surface area contributed by atoms with Gasteiger partial charge in [0.05, 0.1) is 29.0 Å². The summed E-state index contributed by atoms with van der Waals surface area (Å²) in [5.74, 6) is -0.972. The molecule has 4 rings (SSSR count). The maximum Gasteiger partial charge on any atom is 0.339 e. The Morgan fingerprint density at radius 3 is 2.50 bits per heavy atom. The van der Waals surface area contributed by atoms with Crippen LogP contribution in [0.25, 0.3) is 10.9 Å². The third kappa shape index (κ3) is 3.13. The lowest BCUT2D eigenvalue weighted by Gasteiger charge is -2.32. The van der Waals surface area contributed by atoms with Crippen LogP contribution in [0.2, 0.25) is 0 Å². The average molecular weight is 378 g/mol. The van der Waals surface area contributed by atoms with E-state index in [-0.39, 0.29) is 17.5 Å². The lowest BCUT2D eigenvalue weighted by Crippen LogP contribution is -2.39. The van der Waals surface area contributed by atoms with Gasteiger partial charge in [0.25, 0.3) is 5.91 Å². The number of aromatic carboxylic acids is 1. The fourth-order valence-electron chi connectivity index (χ4n) is 3.90. The molecule has 144 valence electrons. The van der Waals surface area contributed by atoms with Crippen molar-refractivity contribution >= 4 is 22.8 Å². The molecule has 7 nitrogen and oxygen atoms in total. The van der Waals surface area contributed by atoms with Gasteiger partial charge in [0.1, 0.15) is 5.56 Å². The molecule has 1 amide bonds. The third-order valence-electron chi connectivity index (χ3n) is 5.46. The van der Waals surface area contributed by atoms with E-state index in [9.17, 15) is 14.7 Å². The van der Waals surface area contributed by atoms with Crippen molar-refractivity contribution in [3.63, 3.8) is 0 Å². The number of likely N-dealkylation sites (tertiary alicyclic amines) is 1. The summed E-state index contributed by atoms with van der Waals surface area (Å²) in [7, 11) is 0. The van der Waals surface area contributed by atoms with Crippen molar-refractivity contribution in [2.75, 3.05) is 13.1 Å². The molecule has 1 aliphatic heterocycles. The Morgan fingerprint density at radius 2 is 1.82 bits per heavy atom. The van der Waals surface area contributed by atoms with Crippen LogP contribution in [0.4, 0.5) is 0 Å². The van der Waals surface area contributed by atoms with Crippen LogP contribution in [-0.2, 0) is 0 Å². The summed E-state index contributed by atoms with van der Waals surface area (Å²) >= 11 is 0. The van der Waals surface area contributed by atoms with E-state index in [0.717, 1.165) is 29.4 Å². The first-order valence-electron chi connectivity index (χ1n) is 9.39. The second kappa shape index (κ2) is 7.07. The predicted molar refractivity (Wildman–Crippen MR) is 105 cm³/mol. The third-order valence-corrected chi connectivity index (χ3v) is 5.46. The zero-order chi connectivity index (χ0) is 19.8. The zero-order valence-corrected chi connectivity index (χ0v) is 15.9. The first-order chi connectivity index (χ1) is 13.5. The number of hydrogen-bond acceptors (Lipinski definition) is 4. The second-order valence-corrected chi connectivity index (χ2v) is 7.25. The summed E-state index contributed by atoms with van der Waals surface area (Å²) in [6, 6.07) is 9.72. The highest BCUT2D eigenvalue weighted by atomic mass is 16.4. The van der Waals surface area contributed by atoms with Gasteiger partial charge in [-0.25, -0.2) is 4.79 Å². The van der Waals surface area contributed by atoms with Gasteiger partial charge in [0.2, 0.25) is 0 Å². The molecule has 1 aromatic carbocycles. The Morgan fingerprint density at radius 1 is 1.07 bits per heavy atom. The van der Waals surface area contributed by atoms with Gasteiger partial charge in [-0.1, -0.05) is 18.2 Å². The number of carboxylic acids is 1. The number of pyridine rings is 1. The summed E-state index contributed by atoms with van der Waals surface area (Å²) in [4.78, 5) is 30.8. The van der Waals surface area contributed by atoms with E-state index >= 15 is 0 Å². The van der Waals surface area contributed by atoms with E-state index in [1.54, 1.807) is 11.6 Å². The Hall–Kier alpha value is -3.22. The smallest absolute Gasteiger partial charge is 0.339 e. The lowest BCUT2D eigenvalue weighted by atomic mass is 10.0. The number of hydrogen-bond donors (Lipinski definition) is 1. The number of para-hydroxylation sites is 1. The van der Waals surface area contributed by atoms with Crippen molar-refractivity contribution < 1.29 is 14.7 Å². The van der Waals surface area contributed by atoms with Crippen LogP contribution in [0.3, 0.4) is 0 Å². The first kappa shape index (κ1) is 18.2. The molecule has 1 fully saturated rings. The number of benzene rings is 1. The summed E-state index contributed by atoms with van der Waals surface area (Å²) in [6.45, 7) is 4.91. The average Bonchev–Trinajstić information content (AvgIpc) is 3.08. The number of carbonyl (C=O) groups excluding carboxylic acids is 1. The standard InChI is InChI=1S/C21H22N4O3/c1-13-6-7-15-4-3-5-17(19(15)23-13)20(26)24-10-8-16(9-11-24)25-14(2)18(12-22-25)21(27)28/h3-7,12,16H,8-11H2,1-2H3,(H,27,28). The SMILES string of the molecule is Cc1ccc2cccc(C(=O)N3CCC(n4ncc(C(=O)O)c4C)CC3)c2n1. The van der Waals surface area contributed by atoms with Crippen molar-refractivity contribution in [2.24, 2.45) is 0 Å². The molecule has 0 atom stereocenters. The van der Waals surface area contributed by atoms with E-state index in [4.69, 9.17) is 0 Å². The number of carboxylic acid groups (broad SMARTS) is 1. The van der Waals surface area contributed by atoms with Gasteiger partial charge in [-0.2, -0.15) is 5.10 Å². The maximum absolute atomic E-state index is 13.1. The monoisotopic (exact) mass is 378 g/mol. The fraction of sp³-hybridized carbons (Fsp3) is 0.333. The molecule has 1 saturated heterocycles. The van der Waals surface area contributed by atoms with Crippen LogP contribution >= 0.6 is 0 Å². The van der Waals surface area contributed by atoms with Crippen molar-refractivity contribution in [1.82, 2.24) is 19.7 Å². The second-order valence-electron chi connectivity index (χ2n) is 7.25. The highest BCUT2D eigenvalue weighted by Gasteiger charge is 2.28. The Balaban J connectivity index is 1.52. The number of nitrogens with zero attached hydrogens (tertiary/aromatic N) is 4. The maximum atomic E-state index is 13.1. The number of piperidine rings is 1. The summed E-state index contributed by atoms with van der Waals surface area (Å²) < 4.78 is 1.79. The van der Waals surface area contributed by atoms with Crippen molar-refractivity contribution in [3.05, 3.63) is 59.0 Å². The summed E-state index contributed by atoms with van der Waals surface area (Å²) in [5, 5.41) is 14.4. The Bertz CT molecular complexity index is 1060. The predicted octanol–water partition coefficient (Wildman–Crippen LogP) is 3.22. The number of amides is 1. The minimum atomic E-state index is -0.963. The molecule has 0 bridgehead atoms. The van der Waals surface area contributed by atoms with Crippen LogP contribution in [0.1, 0.15) is 51.0 Å². The molecule has 0 radical (unpaired) electrons. The Labute approximate surface area is 162 Å². The largest absolute Gasteiger partial charge is 0.478 e. The van der Waals surface area contributed by atoms with Gasteiger partial charge < -0.3 is 10.0 Å². The molecule has 0 aliphatic carbocycles. The first-order valence-corrected chi connectivity index (χ1v) is 9.39. The number of rotatable bonds is 3. The minimum Gasteiger partial charge on any atom is -0.478 e. The molecule has 0 saturated carbocycles. The van der Waals surface area contributed by atoms with E-state index in [1.165, 1.54) is 6.20 Å². The molecule has 3 heterocycles. The highest BCUT2D eigenvalue weighted by Crippen LogP contribution is 2.27. The number of fused-ring (bicyclic) bond motifs is 1. The van der Waals surface area contributed by atoms with E-state index in [1.807, 2.05) is 42.2 Å². The van der Waals surface area contributed by atoms with Crippen molar-refractivity contribution in [3.8, 4) is 0 Å². The normalized spacial score (nSPS) is 15.1. The van der Waals surface area contributed by atoms with E-state index < -0.39 is 5.97 Å². The molecule has 2 aromatic heterocycles. The molecular formula is C21H22N4O3. The molecule has 0 unspecified atom stereocenters. The van der Waals surface area contributed by atoms with Crippen LogP contribution in [0.5, 0.6) is 0 Å². The van der Waals surface area contributed by atoms with Gasteiger partial charge in [-0.15, -0.1) is 0 Å². The number of aryl methyl sites for hydroxylation is 1. The molecular weight excluding hydrogens is 356 g/mol.